The summed E-state index contributed by atoms with van der Waals surface area (Å²) >= 11 is 0. The van der Waals surface area contributed by atoms with E-state index in [9.17, 15) is 5.26 Å². The van der Waals surface area contributed by atoms with Crippen LogP contribution in [0, 0.1) is 11.3 Å². The summed E-state index contributed by atoms with van der Waals surface area (Å²) in [6.07, 6.45) is 3.93. The van der Waals surface area contributed by atoms with Crippen molar-refractivity contribution in [2.24, 2.45) is 0 Å². The van der Waals surface area contributed by atoms with Gasteiger partial charge < -0.3 is 18.3 Å². The number of hydrogen-bond donors (Lipinski definition) is 0. The maximum Gasteiger partial charge on any atom is 0.0998 e. The summed E-state index contributed by atoms with van der Waals surface area (Å²) in [5, 5.41) is 20.2. The van der Waals surface area contributed by atoms with Crippen LogP contribution >= 0.6 is 0 Å². The maximum atomic E-state index is 10.8. The van der Waals surface area contributed by atoms with Crippen molar-refractivity contribution in [1.29, 1.82) is 5.26 Å². The molecule has 5 heterocycles. The van der Waals surface area contributed by atoms with Gasteiger partial charge in [-0.25, -0.2) is 0 Å². The zero-order valence-corrected chi connectivity index (χ0v) is 35.5. The highest BCUT2D eigenvalue weighted by Gasteiger charge is 2.25. The van der Waals surface area contributed by atoms with Gasteiger partial charge in [0.25, 0.3) is 0 Å². The molecule has 306 valence electrons. The molecule has 0 saturated heterocycles. The Morgan fingerprint density at radius 1 is 0.318 bits per heavy atom. The third-order valence-electron chi connectivity index (χ3n) is 13.7. The maximum absolute atomic E-state index is 10.8. The van der Waals surface area contributed by atoms with Crippen molar-refractivity contribution in [3.63, 3.8) is 0 Å². The number of aromatic nitrogens is 5. The first-order valence-electron chi connectivity index (χ1n) is 22.3. The summed E-state index contributed by atoms with van der Waals surface area (Å²) in [4.78, 5) is 5.09. The van der Waals surface area contributed by atoms with Crippen LogP contribution < -0.4 is 0 Å². The van der Waals surface area contributed by atoms with Crippen molar-refractivity contribution in [3.05, 3.63) is 224 Å². The van der Waals surface area contributed by atoms with Gasteiger partial charge in [0.05, 0.1) is 79.5 Å². The molecule has 0 aliphatic heterocycles. The Balaban J connectivity index is 1.05. The van der Waals surface area contributed by atoms with Crippen LogP contribution in [0.4, 0.5) is 0 Å². The molecule has 14 rings (SSSR count). The van der Waals surface area contributed by atoms with Crippen LogP contribution in [0.15, 0.2) is 219 Å². The predicted octanol–water partition coefficient (Wildman–Crippen LogP) is 15.0. The third kappa shape index (κ3) is 5.02. The highest BCUT2D eigenvalue weighted by Crippen LogP contribution is 2.44. The largest absolute Gasteiger partial charge is 0.309 e. The summed E-state index contributed by atoms with van der Waals surface area (Å²) in [5.41, 5.74) is 15.2. The quantitative estimate of drug-likeness (QED) is 0.173. The lowest BCUT2D eigenvalue weighted by molar-refractivity contribution is 1.09. The van der Waals surface area contributed by atoms with Crippen molar-refractivity contribution in [2.75, 3.05) is 0 Å². The van der Waals surface area contributed by atoms with Crippen molar-refractivity contribution in [1.82, 2.24) is 23.3 Å². The number of rotatable bonds is 5. The average molecular weight is 841 g/mol. The molecule has 0 fully saturated rings. The molecule has 0 bridgehead atoms. The summed E-state index contributed by atoms with van der Waals surface area (Å²) < 4.78 is 9.44. The van der Waals surface area contributed by atoms with E-state index in [1.807, 2.05) is 30.6 Å². The van der Waals surface area contributed by atoms with Gasteiger partial charge in [0.2, 0.25) is 0 Å². The number of pyridine rings is 1. The molecule has 66 heavy (non-hydrogen) atoms. The van der Waals surface area contributed by atoms with Gasteiger partial charge in [0, 0.05) is 65.6 Å². The third-order valence-corrected chi connectivity index (χ3v) is 13.7. The summed E-state index contributed by atoms with van der Waals surface area (Å²) in [7, 11) is 0. The SMILES string of the molecule is N#Cc1ccccc1-c1c(-n2c3ccccc3c3cc(-n4c5ccccc5c5ccccc54)ccc32)cncc1-n1c2ccccc2c2cc(-n3c4ccccc4c4ccccc43)ccc21. The van der Waals surface area contributed by atoms with E-state index in [1.54, 1.807) is 0 Å². The van der Waals surface area contributed by atoms with E-state index >= 15 is 0 Å². The Kier molecular flexibility index (Phi) is 7.65. The number of benzene rings is 9. The van der Waals surface area contributed by atoms with Crippen LogP contribution in [0.2, 0.25) is 0 Å². The van der Waals surface area contributed by atoms with Crippen molar-refractivity contribution in [3.8, 4) is 39.9 Å². The topological polar surface area (TPSA) is 56.4 Å². The first-order chi connectivity index (χ1) is 32.7. The number of hydrogen-bond acceptors (Lipinski definition) is 2. The number of nitrogens with zero attached hydrogens (tertiary/aromatic N) is 6. The van der Waals surface area contributed by atoms with Gasteiger partial charge in [-0.2, -0.15) is 5.26 Å². The summed E-state index contributed by atoms with van der Waals surface area (Å²) in [5.74, 6) is 0. The Hall–Kier alpha value is -9.18. The van der Waals surface area contributed by atoms with Gasteiger partial charge in [-0.3, -0.25) is 4.98 Å². The summed E-state index contributed by atoms with van der Waals surface area (Å²) in [6.45, 7) is 0. The molecular formula is C60H36N6. The predicted molar refractivity (Wildman–Crippen MR) is 272 cm³/mol. The molecule has 9 aromatic carbocycles. The van der Waals surface area contributed by atoms with E-state index in [1.165, 1.54) is 43.6 Å². The van der Waals surface area contributed by atoms with Crippen LogP contribution in [0.1, 0.15) is 5.56 Å². The average Bonchev–Trinajstić information content (AvgIpc) is 4.11. The van der Waals surface area contributed by atoms with Crippen molar-refractivity contribution in [2.45, 2.75) is 0 Å². The smallest absolute Gasteiger partial charge is 0.0998 e. The lowest BCUT2D eigenvalue weighted by atomic mass is 9.97. The molecule has 0 amide bonds. The van der Waals surface area contributed by atoms with Gasteiger partial charge in [0.15, 0.2) is 0 Å². The highest BCUT2D eigenvalue weighted by molar-refractivity contribution is 6.15. The molecule has 14 aromatic rings. The van der Waals surface area contributed by atoms with Crippen molar-refractivity contribution >= 4 is 87.2 Å². The van der Waals surface area contributed by atoms with Crippen LogP contribution in [0.5, 0.6) is 0 Å². The van der Waals surface area contributed by atoms with Crippen molar-refractivity contribution < 1.29 is 0 Å². The molecule has 5 aromatic heterocycles. The van der Waals surface area contributed by atoms with Gasteiger partial charge in [-0.1, -0.05) is 127 Å². The van der Waals surface area contributed by atoms with E-state index in [0.717, 1.165) is 77.5 Å². The molecular weight excluding hydrogens is 805 g/mol. The van der Waals surface area contributed by atoms with E-state index in [0.29, 0.717) is 5.56 Å². The number of fused-ring (bicyclic) bond motifs is 12. The van der Waals surface area contributed by atoms with Gasteiger partial charge in [0.1, 0.15) is 0 Å². The van der Waals surface area contributed by atoms with Crippen LogP contribution in [0.25, 0.3) is 121 Å². The van der Waals surface area contributed by atoms with E-state index < -0.39 is 0 Å². The molecule has 0 N–H and O–H groups in total. The second-order valence-electron chi connectivity index (χ2n) is 17.1. The van der Waals surface area contributed by atoms with E-state index in [-0.39, 0.29) is 0 Å². The summed E-state index contributed by atoms with van der Waals surface area (Å²) in [6, 6.07) is 76.0. The molecule has 0 aliphatic carbocycles. The van der Waals surface area contributed by atoms with Gasteiger partial charge in [-0.05, 0) is 78.9 Å². The normalized spacial score (nSPS) is 11.9. The van der Waals surface area contributed by atoms with Crippen LogP contribution in [0.3, 0.4) is 0 Å². The lowest BCUT2D eigenvalue weighted by Crippen LogP contribution is -2.05. The second-order valence-corrected chi connectivity index (χ2v) is 17.1. The Morgan fingerprint density at radius 3 is 1.03 bits per heavy atom. The minimum absolute atomic E-state index is 0.593. The molecule has 0 spiro atoms. The zero-order valence-electron chi connectivity index (χ0n) is 35.5. The standard InChI is InChI=1S/C60H36N6/c61-35-38-15-1-2-16-41(38)60-58(65-54-27-13-7-21-46(54)48-33-39(29-31-56(48)65)63-50-23-9-3-17-42(50)43-18-4-10-24-51(43)63)36-62-37-59(60)66-55-28-14-8-22-47(55)49-34-40(30-32-57(49)66)64-52-25-11-5-19-44(52)45-20-6-12-26-53(45)64/h1-34,36-37H. The van der Waals surface area contributed by atoms with E-state index in [2.05, 4.69) is 212 Å². The van der Waals surface area contributed by atoms with E-state index in [4.69, 9.17) is 4.98 Å². The highest BCUT2D eigenvalue weighted by atomic mass is 15.1. The van der Waals surface area contributed by atoms with Gasteiger partial charge in [-0.15, -0.1) is 0 Å². The molecule has 0 radical (unpaired) electrons. The molecule has 6 nitrogen and oxygen atoms in total. The van der Waals surface area contributed by atoms with Gasteiger partial charge >= 0.3 is 0 Å². The fourth-order valence-electron chi connectivity index (χ4n) is 11.0. The number of para-hydroxylation sites is 6. The monoisotopic (exact) mass is 840 g/mol. The zero-order chi connectivity index (χ0) is 43.5. The fourth-order valence-corrected chi connectivity index (χ4v) is 11.0. The fraction of sp³-hybridized carbons (Fsp3) is 0. The van der Waals surface area contributed by atoms with Crippen LogP contribution in [-0.4, -0.2) is 23.3 Å². The Bertz CT molecular complexity index is 4020. The molecule has 0 aliphatic rings. The molecule has 0 atom stereocenters. The Morgan fingerprint density at radius 2 is 0.636 bits per heavy atom. The first kappa shape index (κ1) is 36.3. The minimum Gasteiger partial charge on any atom is -0.309 e. The van der Waals surface area contributed by atoms with Crippen LogP contribution in [-0.2, 0) is 0 Å². The number of nitriles is 1. The Labute approximate surface area is 378 Å². The first-order valence-corrected chi connectivity index (χ1v) is 22.3. The second kappa shape index (κ2) is 13.9. The molecule has 0 unspecified atom stereocenters. The lowest BCUT2D eigenvalue weighted by Gasteiger charge is -2.20. The molecule has 6 heteroatoms. The minimum atomic E-state index is 0.593. The molecule has 0 saturated carbocycles.